The van der Waals surface area contributed by atoms with E-state index in [-0.39, 0.29) is 0 Å². The Morgan fingerprint density at radius 1 is 0.870 bits per heavy atom. The highest BCUT2D eigenvalue weighted by atomic mass is 14.9. The summed E-state index contributed by atoms with van der Waals surface area (Å²) in [5.41, 5.74) is 6.93. The molecule has 3 nitrogen and oxygen atoms in total. The van der Waals surface area contributed by atoms with Crippen LogP contribution >= 0.6 is 0 Å². The van der Waals surface area contributed by atoms with Crippen LogP contribution in [0.25, 0.3) is 11.1 Å². The highest BCUT2D eigenvalue weighted by Crippen LogP contribution is 2.33. The highest BCUT2D eigenvalue weighted by molar-refractivity contribution is 6.17. The zero-order valence-corrected chi connectivity index (χ0v) is 13.0. The van der Waals surface area contributed by atoms with Gasteiger partial charge in [-0.3, -0.25) is 4.99 Å². The zero-order chi connectivity index (χ0) is 15.6. The molecule has 3 heteroatoms. The van der Waals surface area contributed by atoms with Crippen molar-refractivity contribution < 1.29 is 0 Å². The van der Waals surface area contributed by atoms with Crippen molar-refractivity contribution in [3.05, 3.63) is 83.6 Å². The molecule has 0 aliphatic carbocycles. The van der Waals surface area contributed by atoms with E-state index in [1.807, 2.05) is 19.3 Å². The minimum atomic E-state index is 0.644. The van der Waals surface area contributed by atoms with Crippen LogP contribution in [-0.2, 0) is 6.54 Å². The summed E-state index contributed by atoms with van der Waals surface area (Å²) < 4.78 is 0. The molecule has 0 saturated heterocycles. The summed E-state index contributed by atoms with van der Waals surface area (Å²) in [6, 6.07) is 20.9. The third-order valence-corrected chi connectivity index (χ3v) is 4.17. The minimum absolute atomic E-state index is 0.644. The van der Waals surface area contributed by atoms with Crippen LogP contribution in [0.1, 0.15) is 16.7 Å². The Bertz CT molecular complexity index is 882. The van der Waals surface area contributed by atoms with Gasteiger partial charge in [-0.25, -0.2) is 4.98 Å². The van der Waals surface area contributed by atoms with E-state index in [1.165, 1.54) is 16.7 Å². The van der Waals surface area contributed by atoms with Crippen molar-refractivity contribution in [3.63, 3.8) is 0 Å². The number of benzene rings is 2. The number of nitrogens with one attached hydrogen (secondary N) is 1. The maximum atomic E-state index is 4.89. The lowest BCUT2D eigenvalue weighted by molar-refractivity contribution is 1.05. The summed E-state index contributed by atoms with van der Waals surface area (Å²) in [5.74, 6) is 0.877. The molecule has 3 aromatic rings. The maximum Gasteiger partial charge on any atom is 0.126 e. The van der Waals surface area contributed by atoms with Crippen molar-refractivity contribution in [2.24, 2.45) is 4.99 Å². The second-order valence-electron chi connectivity index (χ2n) is 5.55. The van der Waals surface area contributed by atoms with E-state index in [9.17, 15) is 0 Å². The van der Waals surface area contributed by atoms with Gasteiger partial charge >= 0.3 is 0 Å². The standard InChI is InChI=1S/C20H17N3/c1-21-19-11-18-15(12-22-19)13-23-20(14-7-3-2-4-8-14)17-10-6-5-9-16(17)18/h2-12H,13H2,1H3,(H,21,22). The van der Waals surface area contributed by atoms with E-state index >= 15 is 0 Å². The summed E-state index contributed by atoms with van der Waals surface area (Å²) in [4.78, 5) is 9.33. The molecule has 4 rings (SSSR count). The fraction of sp³-hybridized carbons (Fsp3) is 0.100. The van der Waals surface area contributed by atoms with Crippen LogP contribution in [-0.4, -0.2) is 17.7 Å². The van der Waals surface area contributed by atoms with Gasteiger partial charge in [0.15, 0.2) is 0 Å². The molecule has 1 aliphatic rings. The van der Waals surface area contributed by atoms with Crippen molar-refractivity contribution in [3.8, 4) is 11.1 Å². The number of hydrogen-bond acceptors (Lipinski definition) is 3. The monoisotopic (exact) mass is 299 g/mol. The maximum absolute atomic E-state index is 4.89. The quantitative estimate of drug-likeness (QED) is 0.772. The molecule has 112 valence electrons. The Morgan fingerprint density at radius 3 is 2.39 bits per heavy atom. The van der Waals surface area contributed by atoms with Gasteiger partial charge in [-0.1, -0.05) is 54.6 Å². The first-order valence-electron chi connectivity index (χ1n) is 7.73. The first-order chi connectivity index (χ1) is 11.4. The van der Waals surface area contributed by atoms with Gasteiger partial charge in [-0.05, 0) is 22.8 Å². The molecular weight excluding hydrogens is 282 g/mol. The van der Waals surface area contributed by atoms with Crippen LogP contribution in [0.2, 0.25) is 0 Å². The molecule has 0 spiro atoms. The normalized spacial score (nSPS) is 12.7. The smallest absolute Gasteiger partial charge is 0.126 e. The number of aliphatic imine (C=N–C) groups is 1. The van der Waals surface area contributed by atoms with Gasteiger partial charge in [0.25, 0.3) is 0 Å². The summed E-state index contributed by atoms with van der Waals surface area (Å²) >= 11 is 0. The Hall–Kier alpha value is -2.94. The first kappa shape index (κ1) is 13.7. The lowest BCUT2D eigenvalue weighted by atomic mass is 9.93. The summed E-state index contributed by atoms with van der Waals surface area (Å²) in [7, 11) is 1.89. The number of hydrogen-bond donors (Lipinski definition) is 1. The molecule has 1 N–H and O–H groups in total. The molecule has 0 radical (unpaired) electrons. The Balaban J connectivity index is 1.96. The van der Waals surface area contributed by atoms with Gasteiger partial charge < -0.3 is 5.32 Å². The number of anilines is 1. The molecule has 0 fully saturated rings. The topological polar surface area (TPSA) is 37.3 Å². The summed E-state index contributed by atoms with van der Waals surface area (Å²) in [6.45, 7) is 0.644. The fourth-order valence-corrected chi connectivity index (χ4v) is 3.01. The van der Waals surface area contributed by atoms with E-state index in [2.05, 4.69) is 64.9 Å². The lowest BCUT2D eigenvalue weighted by Crippen LogP contribution is -2.04. The molecule has 1 aliphatic heterocycles. The lowest BCUT2D eigenvalue weighted by Gasteiger charge is -2.12. The molecule has 0 saturated carbocycles. The third kappa shape index (κ3) is 2.40. The number of nitrogens with zero attached hydrogens (tertiary/aromatic N) is 2. The van der Waals surface area contributed by atoms with Crippen LogP contribution in [0, 0.1) is 0 Å². The molecule has 1 aromatic heterocycles. The summed E-state index contributed by atoms with van der Waals surface area (Å²) in [5, 5.41) is 3.12. The Kier molecular flexibility index (Phi) is 3.39. The van der Waals surface area contributed by atoms with E-state index in [4.69, 9.17) is 4.99 Å². The second kappa shape index (κ2) is 5.69. The molecular formula is C20H17N3. The van der Waals surface area contributed by atoms with Gasteiger partial charge in [0, 0.05) is 24.4 Å². The fourth-order valence-electron chi connectivity index (χ4n) is 3.01. The van der Waals surface area contributed by atoms with Crippen molar-refractivity contribution in [2.45, 2.75) is 6.54 Å². The van der Waals surface area contributed by atoms with Crippen LogP contribution in [0.15, 0.2) is 71.9 Å². The summed E-state index contributed by atoms with van der Waals surface area (Å²) in [6.07, 6.45) is 1.93. The Morgan fingerprint density at radius 2 is 1.61 bits per heavy atom. The molecule has 0 bridgehead atoms. The van der Waals surface area contributed by atoms with Gasteiger partial charge in [0.2, 0.25) is 0 Å². The van der Waals surface area contributed by atoms with E-state index in [1.54, 1.807) is 0 Å². The second-order valence-corrected chi connectivity index (χ2v) is 5.55. The Labute approximate surface area is 135 Å². The minimum Gasteiger partial charge on any atom is -0.373 e. The molecule has 0 amide bonds. The van der Waals surface area contributed by atoms with Gasteiger partial charge in [0.1, 0.15) is 5.82 Å². The van der Waals surface area contributed by atoms with Crippen LogP contribution in [0.3, 0.4) is 0 Å². The van der Waals surface area contributed by atoms with Crippen LogP contribution < -0.4 is 5.32 Å². The number of pyridine rings is 1. The number of aromatic nitrogens is 1. The molecule has 0 atom stereocenters. The molecule has 2 heterocycles. The van der Waals surface area contributed by atoms with E-state index in [0.29, 0.717) is 6.54 Å². The van der Waals surface area contributed by atoms with Crippen LogP contribution in [0.5, 0.6) is 0 Å². The first-order valence-corrected chi connectivity index (χ1v) is 7.73. The van der Waals surface area contributed by atoms with E-state index in [0.717, 1.165) is 22.7 Å². The number of fused-ring (bicyclic) bond motifs is 3. The average Bonchev–Trinajstić information content (AvgIpc) is 2.79. The molecule has 2 aromatic carbocycles. The van der Waals surface area contributed by atoms with Crippen LogP contribution in [0.4, 0.5) is 5.82 Å². The SMILES string of the molecule is CNc1cc2c(cn1)CN=C(c1ccccc1)c1ccccc1-2. The van der Waals surface area contributed by atoms with Gasteiger partial charge in [-0.15, -0.1) is 0 Å². The van der Waals surface area contributed by atoms with Gasteiger partial charge in [-0.2, -0.15) is 0 Å². The van der Waals surface area contributed by atoms with Crippen molar-refractivity contribution in [2.75, 3.05) is 12.4 Å². The zero-order valence-electron chi connectivity index (χ0n) is 13.0. The van der Waals surface area contributed by atoms with Gasteiger partial charge in [0.05, 0.1) is 12.3 Å². The van der Waals surface area contributed by atoms with E-state index < -0.39 is 0 Å². The highest BCUT2D eigenvalue weighted by Gasteiger charge is 2.18. The molecule has 0 unspecified atom stereocenters. The van der Waals surface area contributed by atoms with Crippen molar-refractivity contribution in [1.29, 1.82) is 0 Å². The average molecular weight is 299 g/mol. The number of rotatable bonds is 2. The van der Waals surface area contributed by atoms with Crippen molar-refractivity contribution >= 4 is 11.5 Å². The third-order valence-electron chi connectivity index (χ3n) is 4.17. The predicted molar refractivity (Wildman–Crippen MR) is 95.0 cm³/mol. The molecule has 23 heavy (non-hydrogen) atoms. The largest absolute Gasteiger partial charge is 0.373 e. The van der Waals surface area contributed by atoms with Crippen molar-refractivity contribution in [1.82, 2.24) is 4.98 Å². The predicted octanol–water partition coefficient (Wildman–Crippen LogP) is 4.14.